The van der Waals surface area contributed by atoms with E-state index in [4.69, 9.17) is 4.74 Å². The van der Waals surface area contributed by atoms with E-state index in [9.17, 15) is 4.79 Å². The molecule has 0 heterocycles. The van der Waals surface area contributed by atoms with Gasteiger partial charge in [-0.3, -0.25) is 4.79 Å². The molecular weight excluding hydrogens is 368 g/mol. The first kappa shape index (κ1) is 23.4. The fourth-order valence-electron chi connectivity index (χ4n) is 5.52. The number of aryl methyl sites for hydroxylation is 1. The molecule has 2 heteroatoms. The van der Waals surface area contributed by atoms with Crippen molar-refractivity contribution in [3.8, 4) is 5.75 Å². The lowest BCUT2D eigenvalue weighted by Gasteiger charge is -2.28. The van der Waals surface area contributed by atoms with Crippen LogP contribution in [-0.2, 0) is 11.2 Å². The molecular formula is C28H44O2. The number of hydrogen-bond donors (Lipinski definition) is 0. The number of benzene rings is 1. The number of rotatable bonds is 10. The van der Waals surface area contributed by atoms with Crippen molar-refractivity contribution in [2.75, 3.05) is 0 Å². The first-order valence-electron chi connectivity index (χ1n) is 13.1. The van der Waals surface area contributed by atoms with Crippen LogP contribution in [0.15, 0.2) is 18.2 Å². The number of carbonyl (C=O) groups is 1. The monoisotopic (exact) mass is 412 g/mol. The Bertz CT molecular complexity index is 636. The van der Waals surface area contributed by atoms with Gasteiger partial charge in [0.25, 0.3) is 0 Å². The summed E-state index contributed by atoms with van der Waals surface area (Å²) < 4.78 is 6.09. The van der Waals surface area contributed by atoms with Gasteiger partial charge >= 0.3 is 5.97 Å². The Labute approximate surface area is 185 Å². The highest BCUT2D eigenvalue weighted by atomic mass is 16.5. The van der Waals surface area contributed by atoms with Crippen LogP contribution in [0.2, 0.25) is 0 Å². The van der Waals surface area contributed by atoms with E-state index >= 15 is 0 Å². The van der Waals surface area contributed by atoms with Crippen LogP contribution < -0.4 is 4.74 Å². The second-order valence-electron chi connectivity index (χ2n) is 9.95. The first-order chi connectivity index (χ1) is 14.7. The van der Waals surface area contributed by atoms with Crippen molar-refractivity contribution in [3.63, 3.8) is 0 Å². The molecule has 0 N–H and O–H groups in total. The minimum Gasteiger partial charge on any atom is -0.426 e. The maximum Gasteiger partial charge on any atom is 0.314 e. The molecule has 2 aliphatic rings. The topological polar surface area (TPSA) is 26.3 Å². The Morgan fingerprint density at radius 3 is 2.33 bits per heavy atom. The van der Waals surface area contributed by atoms with Gasteiger partial charge in [-0.25, -0.2) is 0 Å². The van der Waals surface area contributed by atoms with E-state index < -0.39 is 0 Å². The van der Waals surface area contributed by atoms with E-state index in [-0.39, 0.29) is 11.9 Å². The fraction of sp³-hybridized carbons (Fsp3) is 0.750. The SMILES string of the molecule is CCCCC[C@H]1CC[C@H](C(=O)Oc2ccc(CCCC)cc2C2CCCCC2)CC1. The molecule has 0 amide bonds. The van der Waals surface area contributed by atoms with Crippen LogP contribution in [0.25, 0.3) is 0 Å². The number of ether oxygens (including phenoxy) is 1. The molecule has 0 bridgehead atoms. The summed E-state index contributed by atoms with van der Waals surface area (Å²) in [4.78, 5) is 13.0. The van der Waals surface area contributed by atoms with Crippen molar-refractivity contribution in [1.29, 1.82) is 0 Å². The molecule has 1 aromatic rings. The van der Waals surface area contributed by atoms with E-state index in [0.717, 1.165) is 30.9 Å². The summed E-state index contributed by atoms with van der Waals surface area (Å²) >= 11 is 0. The highest BCUT2D eigenvalue weighted by molar-refractivity contribution is 5.75. The lowest BCUT2D eigenvalue weighted by molar-refractivity contribution is -0.140. The number of carbonyl (C=O) groups excluding carboxylic acids is 1. The van der Waals surface area contributed by atoms with E-state index in [0.29, 0.717) is 5.92 Å². The van der Waals surface area contributed by atoms with Crippen LogP contribution >= 0.6 is 0 Å². The Hall–Kier alpha value is -1.31. The summed E-state index contributed by atoms with van der Waals surface area (Å²) in [6.07, 6.45) is 19.8. The smallest absolute Gasteiger partial charge is 0.314 e. The third-order valence-corrected chi connectivity index (χ3v) is 7.54. The summed E-state index contributed by atoms with van der Waals surface area (Å²) in [5.41, 5.74) is 2.72. The van der Waals surface area contributed by atoms with Gasteiger partial charge in [-0.05, 0) is 80.4 Å². The van der Waals surface area contributed by atoms with Gasteiger partial charge in [-0.2, -0.15) is 0 Å². The van der Waals surface area contributed by atoms with Crippen molar-refractivity contribution in [2.24, 2.45) is 11.8 Å². The largest absolute Gasteiger partial charge is 0.426 e. The standard InChI is InChI=1S/C28H44O2/c1-3-5-8-12-22-15-18-25(19-16-22)28(29)30-27-20-17-23(11-6-4-2)21-26(27)24-13-9-7-10-14-24/h17,20-22,24-25H,3-16,18-19H2,1-2H3/t22-,25-. The molecule has 0 spiro atoms. The number of esters is 1. The van der Waals surface area contributed by atoms with Crippen molar-refractivity contribution in [1.82, 2.24) is 0 Å². The third kappa shape index (κ3) is 6.86. The molecule has 0 atom stereocenters. The minimum atomic E-state index is 0.0281. The van der Waals surface area contributed by atoms with Crippen molar-refractivity contribution >= 4 is 5.97 Å². The van der Waals surface area contributed by atoms with E-state index in [1.165, 1.54) is 94.6 Å². The Kier molecular flexibility index (Phi) is 9.75. The van der Waals surface area contributed by atoms with Crippen molar-refractivity contribution < 1.29 is 9.53 Å². The highest BCUT2D eigenvalue weighted by Gasteiger charge is 2.29. The molecule has 0 radical (unpaired) electrons. The molecule has 0 saturated heterocycles. The van der Waals surface area contributed by atoms with Crippen LogP contribution in [0.3, 0.4) is 0 Å². The van der Waals surface area contributed by atoms with Gasteiger partial charge in [0, 0.05) is 0 Å². The quantitative estimate of drug-likeness (QED) is 0.219. The molecule has 2 aliphatic carbocycles. The third-order valence-electron chi connectivity index (χ3n) is 7.54. The zero-order valence-corrected chi connectivity index (χ0v) is 19.6. The first-order valence-corrected chi connectivity index (χ1v) is 13.1. The van der Waals surface area contributed by atoms with Gasteiger partial charge in [0.05, 0.1) is 5.92 Å². The molecule has 2 fully saturated rings. The second kappa shape index (κ2) is 12.5. The lowest BCUT2D eigenvalue weighted by atomic mass is 9.79. The minimum absolute atomic E-state index is 0.0281. The normalized spacial score (nSPS) is 22.7. The molecule has 2 nitrogen and oxygen atoms in total. The predicted molar refractivity (Wildman–Crippen MR) is 126 cm³/mol. The van der Waals surface area contributed by atoms with Crippen LogP contribution in [0.1, 0.15) is 127 Å². The van der Waals surface area contributed by atoms with Gasteiger partial charge in [-0.1, -0.05) is 77.3 Å². The summed E-state index contributed by atoms with van der Waals surface area (Å²) in [6, 6.07) is 6.65. The predicted octanol–water partition coefficient (Wildman–Crippen LogP) is 8.37. The van der Waals surface area contributed by atoms with Gasteiger partial charge < -0.3 is 4.74 Å². The molecule has 0 aliphatic heterocycles. The van der Waals surface area contributed by atoms with Gasteiger partial charge in [0.2, 0.25) is 0 Å². The summed E-state index contributed by atoms with van der Waals surface area (Å²) in [5, 5.41) is 0. The average Bonchev–Trinajstić information content (AvgIpc) is 2.79. The lowest BCUT2D eigenvalue weighted by Crippen LogP contribution is -2.26. The van der Waals surface area contributed by atoms with Crippen LogP contribution in [-0.4, -0.2) is 5.97 Å². The van der Waals surface area contributed by atoms with Crippen LogP contribution in [0, 0.1) is 11.8 Å². The Morgan fingerprint density at radius 1 is 0.900 bits per heavy atom. The molecule has 3 rings (SSSR count). The highest BCUT2D eigenvalue weighted by Crippen LogP contribution is 2.39. The second-order valence-corrected chi connectivity index (χ2v) is 9.95. The number of hydrogen-bond acceptors (Lipinski definition) is 2. The molecule has 1 aromatic carbocycles. The molecule has 30 heavy (non-hydrogen) atoms. The van der Waals surface area contributed by atoms with Crippen molar-refractivity contribution in [2.45, 2.75) is 122 Å². The molecule has 0 aromatic heterocycles. The maximum atomic E-state index is 13.0. The molecule has 0 unspecified atom stereocenters. The summed E-state index contributed by atoms with van der Waals surface area (Å²) in [7, 11) is 0. The fourth-order valence-corrected chi connectivity index (χ4v) is 5.52. The van der Waals surface area contributed by atoms with E-state index in [2.05, 4.69) is 32.0 Å². The van der Waals surface area contributed by atoms with Gasteiger partial charge in [0.1, 0.15) is 5.75 Å². The maximum absolute atomic E-state index is 13.0. The molecule has 2 saturated carbocycles. The Balaban J connectivity index is 1.61. The summed E-state index contributed by atoms with van der Waals surface area (Å²) in [5.74, 6) is 2.39. The summed E-state index contributed by atoms with van der Waals surface area (Å²) in [6.45, 7) is 4.52. The zero-order chi connectivity index (χ0) is 21.2. The Morgan fingerprint density at radius 2 is 1.63 bits per heavy atom. The van der Waals surface area contributed by atoms with Gasteiger partial charge in [0.15, 0.2) is 0 Å². The van der Waals surface area contributed by atoms with Gasteiger partial charge in [-0.15, -0.1) is 0 Å². The van der Waals surface area contributed by atoms with Crippen LogP contribution in [0.5, 0.6) is 5.75 Å². The van der Waals surface area contributed by atoms with E-state index in [1.54, 1.807) is 0 Å². The molecule has 168 valence electrons. The van der Waals surface area contributed by atoms with Crippen molar-refractivity contribution in [3.05, 3.63) is 29.3 Å². The van der Waals surface area contributed by atoms with Crippen LogP contribution in [0.4, 0.5) is 0 Å². The van der Waals surface area contributed by atoms with E-state index in [1.807, 2.05) is 0 Å². The average molecular weight is 413 g/mol. The number of unbranched alkanes of at least 4 members (excludes halogenated alkanes) is 3. The zero-order valence-electron chi connectivity index (χ0n) is 19.6.